The molecule has 0 aromatic carbocycles. The first-order chi connectivity index (χ1) is 7.31. The summed E-state index contributed by atoms with van der Waals surface area (Å²) in [5.41, 5.74) is 0. The number of fused-ring (bicyclic) bond motifs is 1. The Morgan fingerprint density at radius 2 is 2.31 bits per heavy atom. The highest BCUT2D eigenvalue weighted by Gasteiger charge is 2.45. The molecule has 88 valence electrons. The maximum Gasteiger partial charge on any atom is 0.137 e. The van der Waals surface area contributed by atoms with Crippen LogP contribution in [0.4, 0.5) is 0 Å². The molecule has 3 atom stereocenters. The molecule has 1 aliphatic heterocycles. The number of aromatic nitrogens is 1. The lowest BCUT2D eigenvalue weighted by Crippen LogP contribution is -2.31. The van der Waals surface area contributed by atoms with Crippen molar-refractivity contribution in [2.75, 3.05) is 6.61 Å². The van der Waals surface area contributed by atoms with Crippen LogP contribution < -0.4 is 10.1 Å². The van der Waals surface area contributed by atoms with E-state index in [1.807, 2.05) is 6.07 Å². The standard InChI is InChI=1S/C11H13ClN2O.ClH/c12-11-2-1-9(5-13-11)15-6-8-3-7-4-10(7)14-8;/h1-2,5,7-8,10,14H,3-4,6H2;1H. The van der Waals surface area contributed by atoms with Gasteiger partial charge >= 0.3 is 0 Å². The SMILES string of the molecule is Cl.Clc1ccc(OCC2CC3CC3N2)cn1. The first-order valence-corrected chi connectivity index (χ1v) is 5.69. The molecule has 3 rings (SSSR count). The van der Waals surface area contributed by atoms with Gasteiger partial charge in [-0.3, -0.25) is 0 Å². The minimum atomic E-state index is 0. The lowest BCUT2D eigenvalue weighted by molar-refractivity contribution is 0.267. The van der Waals surface area contributed by atoms with Crippen molar-refractivity contribution >= 4 is 24.0 Å². The monoisotopic (exact) mass is 260 g/mol. The number of nitrogens with one attached hydrogen (secondary N) is 1. The number of hydrogen-bond donors (Lipinski definition) is 1. The van der Waals surface area contributed by atoms with E-state index in [0.717, 1.165) is 24.3 Å². The fraction of sp³-hybridized carbons (Fsp3) is 0.545. The molecule has 0 radical (unpaired) electrons. The highest BCUT2D eigenvalue weighted by Crippen LogP contribution is 2.40. The van der Waals surface area contributed by atoms with Crippen LogP contribution in [0, 0.1) is 5.92 Å². The third kappa shape index (κ3) is 2.59. The number of halogens is 2. The molecule has 1 saturated heterocycles. The summed E-state index contributed by atoms with van der Waals surface area (Å²) in [5, 5.41) is 4.04. The van der Waals surface area contributed by atoms with Gasteiger partial charge in [0.2, 0.25) is 0 Å². The van der Waals surface area contributed by atoms with E-state index in [1.54, 1.807) is 12.3 Å². The number of hydrogen-bond acceptors (Lipinski definition) is 3. The Balaban J connectivity index is 0.000000963. The fourth-order valence-electron chi connectivity index (χ4n) is 2.21. The number of nitrogens with zero attached hydrogens (tertiary/aromatic N) is 1. The second-order valence-corrected chi connectivity index (χ2v) is 4.72. The van der Waals surface area contributed by atoms with E-state index in [4.69, 9.17) is 16.3 Å². The van der Waals surface area contributed by atoms with Gasteiger partial charge in [0.05, 0.1) is 6.20 Å². The van der Waals surface area contributed by atoms with Gasteiger partial charge in [0.15, 0.2) is 0 Å². The Hall–Kier alpha value is -0.510. The van der Waals surface area contributed by atoms with Gasteiger partial charge in [-0.2, -0.15) is 0 Å². The number of pyridine rings is 1. The number of ether oxygens (including phenoxy) is 1. The number of rotatable bonds is 3. The second kappa shape index (κ2) is 4.78. The Morgan fingerprint density at radius 3 is 2.94 bits per heavy atom. The van der Waals surface area contributed by atoms with Crippen LogP contribution in [0.2, 0.25) is 5.15 Å². The van der Waals surface area contributed by atoms with Crippen LogP contribution >= 0.6 is 24.0 Å². The summed E-state index contributed by atoms with van der Waals surface area (Å²) in [4.78, 5) is 3.97. The first kappa shape index (κ1) is 12.0. The van der Waals surface area contributed by atoms with Crippen LogP contribution in [-0.4, -0.2) is 23.7 Å². The topological polar surface area (TPSA) is 34.1 Å². The van der Waals surface area contributed by atoms with Gasteiger partial charge in [-0.05, 0) is 30.9 Å². The zero-order valence-corrected chi connectivity index (χ0v) is 10.3. The predicted molar refractivity (Wildman–Crippen MR) is 65.4 cm³/mol. The van der Waals surface area contributed by atoms with Gasteiger partial charge in [-0.25, -0.2) is 4.98 Å². The van der Waals surface area contributed by atoms with E-state index < -0.39 is 0 Å². The van der Waals surface area contributed by atoms with Crippen LogP contribution in [-0.2, 0) is 0 Å². The Bertz CT molecular complexity index is 348. The summed E-state index contributed by atoms with van der Waals surface area (Å²) in [6, 6.07) is 4.90. The molecule has 0 spiro atoms. The molecule has 1 N–H and O–H groups in total. The van der Waals surface area contributed by atoms with E-state index in [2.05, 4.69) is 10.3 Å². The minimum absolute atomic E-state index is 0. The summed E-state index contributed by atoms with van der Waals surface area (Å²) in [6.45, 7) is 0.732. The highest BCUT2D eigenvalue weighted by molar-refractivity contribution is 6.29. The first-order valence-electron chi connectivity index (χ1n) is 5.31. The minimum Gasteiger partial charge on any atom is -0.490 e. The average molecular weight is 261 g/mol. The largest absolute Gasteiger partial charge is 0.490 e. The molecule has 0 bridgehead atoms. The van der Waals surface area contributed by atoms with Gasteiger partial charge in [-0.1, -0.05) is 11.6 Å². The Kier molecular flexibility index (Phi) is 3.57. The zero-order chi connectivity index (χ0) is 10.3. The number of piperidine rings is 1. The summed E-state index contributed by atoms with van der Waals surface area (Å²) in [5.74, 6) is 1.71. The summed E-state index contributed by atoms with van der Waals surface area (Å²) < 4.78 is 5.63. The summed E-state index contributed by atoms with van der Waals surface area (Å²) in [7, 11) is 0. The molecule has 0 amide bonds. The van der Waals surface area contributed by atoms with Gasteiger partial charge in [-0.15, -0.1) is 12.4 Å². The lowest BCUT2D eigenvalue weighted by Gasteiger charge is -2.13. The maximum atomic E-state index is 5.68. The normalized spacial score (nSPS) is 30.4. The average Bonchev–Trinajstić information content (AvgIpc) is 2.86. The molecule has 16 heavy (non-hydrogen) atoms. The van der Waals surface area contributed by atoms with Crippen LogP contribution in [0.5, 0.6) is 5.75 Å². The molecular weight excluding hydrogens is 247 g/mol. The fourth-order valence-corrected chi connectivity index (χ4v) is 2.32. The molecular formula is C11H14Cl2N2O. The molecule has 2 fully saturated rings. The molecule has 1 aliphatic carbocycles. The molecule has 1 aromatic rings. The van der Waals surface area contributed by atoms with Gasteiger partial charge in [0.1, 0.15) is 17.5 Å². The molecule has 1 saturated carbocycles. The second-order valence-electron chi connectivity index (χ2n) is 4.33. The van der Waals surface area contributed by atoms with E-state index in [0.29, 0.717) is 11.2 Å². The van der Waals surface area contributed by atoms with Crippen LogP contribution in [0.3, 0.4) is 0 Å². The molecule has 1 aromatic heterocycles. The third-order valence-electron chi connectivity index (χ3n) is 3.11. The quantitative estimate of drug-likeness (QED) is 0.847. The van der Waals surface area contributed by atoms with Crippen LogP contribution in [0.1, 0.15) is 12.8 Å². The highest BCUT2D eigenvalue weighted by atomic mass is 35.5. The molecule has 3 nitrogen and oxygen atoms in total. The van der Waals surface area contributed by atoms with E-state index in [1.165, 1.54) is 12.8 Å². The molecule has 5 heteroatoms. The molecule has 2 heterocycles. The van der Waals surface area contributed by atoms with Crippen molar-refractivity contribution in [3.8, 4) is 5.75 Å². The van der Waals surface area contributed by atoms with Crippen molar-refractivity contribution in [2.24, 2.45) is 5.92 Å². The smallest absolute Gasteiger partial charge is 0.137 e. The third-order valence-corrected chi connectivity index (χ3v) is 3.33. The van der Waals surface area contributed by atoms with Crippen molar-refractivity contribution in [3.63, 3.8) is 0 Å². The van der Waals surface area contributed by atoms with Gasteiger partial charge in [0.25, 0.3) is 0 Å². The van der Waals surface area contributed by atoms with Crippen molar-refractivity contribution in [2.45, 2.75) is 24.9 Å². The van der Waals surface area contributed by atoms with E-state index in [9.17, 15) is 0 Å². The molecule has 3 unspecified atom stereocenters. The van der Waals surface area contributed by atoms with E-state index >= 15 is 0 Å². The predicted octanol–water partition coefficient (Wildman–Crippen LogP) is 2.29. The van der Waals surface area contributed by atoms with Crippen LogP contribution in [0.25, 0.3) is 0 Å². The van der Waals surface area contributed by atoms with Crippen molar-refractivity contribution in [1.29, 1.82) is 0 Å². The summed E-state index contributed by atoms with van der Waals surface area (Å²) >= 11 is 5.68. The Morgan fingerprint density at radius 1 is 1.44 bits per heavy atom. The van der Waals surface area contributed by atoms with E-state index in [-0.39, 0.29) is 12.4 Å². The van der Waals surface area contributed by atoms with Crippen molar-refractivity contribution < 1.29 is 4.74 Å². The molecule has 2 aliphatic rings. The van der Waals surface area contributed by atoms with Gasteiger partial charge < -0.3 is 10.1 Å². The Labute approximate surface area is 106 Å². The van der Waals surface area contributed by atoms with Crippen LogP contribution in [0.15, 0.2) is 18.3 Å². The zero-order valence-electron chi connectivity index (χ0n) is 8.73. The van der Waals surface area contributed by atoms with Crippen molar-refractivity contribution in [3.05, 3.63) is 23.5 Å². The van der Waals surface area contributed by atoms with Crippen molar-refractivity contribution in [1.82, 2.24) is 10.3 Å². The summed E-state index contributed by atoms with van der Waals surface area (Å²) in [6.07, 6.45) is 4.28. The lowest BCUT2D eigenvalue weighted by atomic mass is 10.2. The van der Waals surface area contributed by atoms with Gasteiger partial charge in [0, 0.05) is 12.1 Å². The maximum absolute atomic E-state index is 5.68.